The van der Waals surface area contributed by atoms with E-state index in [1.54, 1.807) is 39.5 Å². The Morgan fingerprint density at radius 3 is 2.04 bits per heavy atom. The van der Waals surface area contributed by atoms with Crippen LogP contribution in [-0.2, 0) is 22.4 Å². The zero-order valence-corrected chi connectivity index (χ0v) is 15.3. The minimum absolute atomic E-state index is 0.0458. The first-order valence-corrected chi connectivity index (χ1v) is 8.35. The number of ether oxygens (including phenoxy) is 2. The zero-order valence-electron chi connectivity index (χ0n) is 15.3. The first-order valence-electron chi connectivity index (χ1n) is 8.35. The molecule has 0 bridgehead atoms. The van der Waals surface area contributed by atoms with Gasteiger partial charge in [0.15, 0.2) is 0 Å². The Bertz CT molecular complexity index is 735. The highest BCUT2D eigenvalue weighted by atomic mass is 16.5. The number of likely N-dealkylation sites (N-methyl/N-ethyl adjacent to an activating group) is 1. The van der Waals surface area contributed by atoms with Crippen molar-refractivity contribution in [3.8, 4) is 11.5 Å². The summed E-state index contributed by atoms with van der Waals surface area (Å²) in [5.41, 5.74) is 2.57. The van der Waals surface area contributed by atoms with Crippen LogP contribution in [0.1, 0.15) is 17.5 Å². The zero-order chi connectivity index (χ0) is 18.9. The topological polar surface area (TPSA) is 76.7 Å². The number of hydrogen-bond donors (Lipinski definition) is 2. The number of anilines is 1. The van der Waals surface area contributed by atoms with Crippen LogP contribution in [0.2, 0.25) is 0 Å². The molecule has 0 aliphatic rings. The minimum Gasteiger partial charge on any atom is -0.497 e. The maximum Gasteiger partial charge on any atom is 0.224 e. The standard InChI is InChI=1S/C20H24N2O4/c1-21-20(24)12-14-4-7-16(8-5-14)22-19(23)9-6-15-10-17(25-2)13-18(11-15)26-3/h4-5,7-8,10-11,13H,6,9,12H2,1-3H3,(H,21,24)(H,22,23). The van der Waals surface area contributed by atoms with Crippen molar-refractivity contribution in [1.82, 2.24) is 5.32 Å². The summed E-state index contributed by atoms with van der Waals surface area (Å²) in [5, 5.41) is 5.44. The number of methoxy groups -OCH3 is 2. The molecule has 0 fully saturated rings. The van der Waals surface area contributed by atoms with E-state index in [1.165, 1.54) is 0 Å². The van der Waals surface area contributed by atoms with Crippen LogP contribution in [0.15, 0.2) is 42.5 Å². The van der Waals surface area contributed by atoms with Gasteiger partial charge < -0.3 is 20.1 Å². The van der Waals surface area contributed by atoms with Gasteiger partial charge in [-0.15, -0.1) is 0 Å². The largest absolute Gasteiger partial charge is 0.497 e. The third-order valence-electron chi connectivity index (χ3n) is 3.93. The molecule has 0 saturated heterocycles. The van der Waals surface area contributed by atoms with Crippen molar-refractivity contribution in [2.24, 2.45) is 0 Å². The molecule has 0 unspecified atom stereocenters. The van der Waals surface area contributed by atoms with Crippen LogP contribution in [0.4, 0.5) is 5.69 Å². The molecule has 6 nitrogen and oxygen atoms in total. The van der Waals surface area contributed by atoms with Crippen molar-refractivity contribution < 1.29 is 19.1 Å². The SMILES string of the molecule is CNC(=O)Cc1ccc(NC(=O)CCc2cc(OC)cc(OC)c2)cc1. The van der Waals surface area contributed by atoms with E-state index in [-0.39, 0.29) is 11.8 Å². The molecule has 0 spiro atoms. The smallest absolute Gasteiger partial charge is 0.224 e. The summed E-state index contributed by atoms with van der Waals surface area (Å²) in [6, 6.07) is 12.8. The Kier molecular flexibility index (Phi) is 7.02. The average molecular weight is 356 g/mol. The fourth-order valence-electron chi connectivity index (χ4n) is 2.47. The Morgan fingerprint density at radius 2 is 1.50 bits per heavy atom. The van der Waals surface area contributed by atoms with Gasteiger partial charge in [0.25, 0.3) is 0 Å². The van der Waals surface area contributed by atoms with Gasteiger partial charge in [-0.05, 0) is 41.8 Å². The fraction of sp³-hybridized carbons (Fsp3) is 0.300. The molecule has 0 radical (unpaired) electrons. The third kappa shape index (κ3) is 5.81. The molecule has 0 saturated carbocycles. The average Bonchev–Trinajstić information content (AvgIpc) is 2.67. The molecule has 2 aromatic carbocycles. The van der Waals surface area contributed by atoms with Crippen molar-refractivity contribution in [1.29, 1.82) is 0 Å². The second kappa shape index (κ2) is 9.46. The van der Waals surface area contributed by atoms with Gasteiger partial charge in [0.05, 0.1) is 20.6 Å². The molecule has 2 N–H and O–H groups in total. The van der Waals surface area contributed by atoms with E-state index in [4.69, 9.17) is 9.47 Å². The highest BCUT2D eigenvalue weighted by molar-refractivity contribution is 5.91. The molecule has 2 rings (SSSR count). The Morgan fingerprint density at radius 1 is 0.885 bits per heavy atom. The van der Waals surface area contributed by atoms with Gasteiger partial charge in [-0.25, -0.2) is 0 Å². The molecule has 0 aromatic heterocycles. The van der Waals surface area contributed by atoms with Crippen LogP contribution in [0.25, 0.3) is 0 Å². The lowest BCUT2D eigenvalue weighted by Crippen LogP contribution is -2.19. The summed E-state index contributed by atoms with van der Waals surface area (Å²) in [7, 11) is 4.80. The van der Waals surface area contributed by atoms with Crippen molar-refractivity contribution in [3.63, 3.8) is 0 Å². The molecule has 26 heavy (non-hydrogen) atoms. The van der Waals surface area contributed by atoms with Gasteiger partial charge in [0.1, 0.15) is 11.5 Å². The van der Waals surface area contributed by atoms with Crippen LogP contribution >= 0.6 is 0 Å². The Hall–Kier alpha value is -3.02. The lowest BCUT2D eigenvalue weighted by Gasteiger charge is -2.09. The number of nitrogens with one attached hydrogen (secondary N) is 2. The molecule has 2 amide bonds. The van der Waals surface area contributed by atoms with Gasteiger partial charge >= 0.3 is 0 Å². The molecule has 138 valence electrons. The lowest BCUT2D eigenvalue weighted by molar-refractivity contribution is -0.120. The van der Waals surface area contributed by atoms with Crippen molar-refractivity contribution in [2.45, 2.75) is 19.3 Å². The van der Waals surface area contributed by atoms with E-state index in [9.17, 15) is 9.59 Å². The normalized spacial score (nSPS) is 10.1. The van der Waals surface area contributed by atoms with Crippen LogP contribution < -0.4 is 20.1 Å². The van der Waals surface area contributed by atoms with Gasteiger partial charge in [0, 0.05) is 25.2 Å². The first-order chi connectivity index (χ1) is 12.5. The van der Waals surface area contributed by atoms with E-state index in [2.05, 4.69) is 10.6 Å². The van der Waals surface area contributed by atoms with Crippen molar-refractivity contribution >= 4 is 17.5 Å². The van der Waals surface area contributed by atoms with E-state index in [1.807, 2.05) is 24.3 Å². The monoisotopic (exact) mass is 356 g/mol. The number of amides is 2. The summed E-state index contributed by atoms with van der Waals surface area (Å²) in [6.07, 6.45) is 1.24. The minimum atomic E-state index is -0.0779. The number of carbonyl (C=O) groups excluding carboxylic acids is 2. The van der Waals surface area contributed by atoms with Crippen molar-refractivity contribution in [2.75, 3.05) is 26.6 Å². The molecule has 0 aliphatic carbocycles. The van der Waals surface area contributed by atoms with E-state index >= 15 is 0 Å². The first kappa shape index (κ1) is 19.3. The quantitative estimate of drug-likeness (QED) is 0.762. The van der Waals surface area contributed by atoms with E-state index in [0.29, 0.717) is 36.4 Å². The maximum atomic E-state index is 12.2. The molecule has 0 atom stereocenters. The van der Waals surface area contributed by atoms with Gasteiger partial charge in [-0.1, -0.05) is 12.1 Å². The number of carbonyl (C=O) groups is 2. The van der Waals surface area contributed by atoms with Gasteiger partial charge in [-0.2, -0.15) is 0 Å². The predicted octanol–water partition coefficient (Wildman–Crippen LogP) is 2.56. The van der Waals surface area contributed by atoms with Gasteiger partial charge in [0.2, 0.25) is 11.8 Å². The number of hydrogen-bond acceptors (Lipinski definition) is 4. The van der Waals surface area contributed by atoms with Crippen LogP contribution in [0.3, 0.4) is 0 Å². The highest BCUT2D eigenvalue weighted by Gasteiger charge is 2.07. The van der Waals surface area contributed by atoms with Crippen molar-refractivity contribution in [3.05, 3.63) is 53.6 Å². The molecular formula is C20H24N2O4. The third-order valence-corrected chi connectivity index (χ3v) is 3.93. The number of rotatable bonds is 8. The molecule has 0 heterocycles. The van der Waals surface area contributed by atoms with Crippen LogP contribution in [0, 0.1) is 0 Å². The Labute approximate surface area is 153 Å². The maximum absolute atomic E-state index is 12.2. The molecule has 0 aliphatic heterocycles. The summed E-state index contributed by atoms with van der Waals surface area (Å²) in [4.78, 5) is 23.5. The summed E-state index contributed by atoms with van der Waals surface area (Å²) in [5.74, 6) is 1.28. The summed E-state index contributed by atoms with van der Waals surface area (Å²) < 4.78 is 10.5. The summed E-state index contributed by atoms with van der Waals surface area (Å²) >= 11 is 0. The van der Waals surface area contributed by atoms with Gasteiger partial charge in [-0.3, -0.25) is 9.59 Å². The number of aryl methyl sites for hydroxylation is 1. The van der Waals surface area contributed by atoms with Crippen LogP contribution in [-0.4, -0.2) is 33.1 Å². The highest BCUT2D eigenvalue weighted by Crippen LogP contribution is 2.23. The number of benzene rings is 2. The fourth-order valence-corrected chi connectivity index (χ4v) is 2.47. The molecule has 6 heteroatoms. The molecule has 2 aromatic rings. The molecular weight excluding hydrogens is 332 g/mol. The summed E-state index contributed by atoms with van der Waals surface area (Å²) in [6.45, 7) is 0. The predicted molar refractivity (Wildman–Crippen MR) is 101 cm³/mol. The Balaban J connectivity index is 1.90. The van der Waals surface area contributed by atoms with Crippen LogP contribution in [0.5, 0.6) is 11.5 Å². The van der Waals surface area contributed by atoms with E-state index < -0.39 is 0 Å². The second-order valence-corrected chi connectivity index (χ2v) is 5.82. The second-order valence-electron chi connectivity index (χ2n) is 5.82. The lowest BCUT2D eigenvalue weighted by atomic mass is 10.1. The van der Waals surface area contributed by atoms with E-state index in [0.717, 1.165) is 11.1 Å².